The molecule has 0 spiro atoms. The molecule has 0 aliphatic carbocycles. The largest absolute Gasteiger partial charge is 0.343 e. The van der Waals surface area contributed by atoms with Crippen molar-refractivity contribution in [1.29, 1.82) is 0 Å². The maximum Gasteiger partial charge on any atom is 0.245 e. The van der Waals surface area contributed by atoms with Gasteiger partial charge in [-0.25, -0.2) is 8.78 Å². The minimum Gasteiger partial charge on any atom is -0.343 e. The molecule has 1 unspecified atom stereocenters. The van der Waals surface area contributed by atoms with E-state index < -0.39 is 17.7 Å². The van der Waals surface area contributed by atoms with E-state index in [0.29, 0.717) is 6.42 Å². The van der Waals surface area contributed by atoms with Crippen molar-refractivity contribution in [2.24, 2.45) is 0 Å². The summed E-state index contributed by atoms with van der Waals surface area (Å²) < 4.78 is 26.4. The Kier molecular flexibility index (Phi) is 4.32. The van der Waals surface area contributed by atoms with Gasteiger partial charge in [0.05, 0.1) is 6.54 Å². The van der Waals surface area contributed by atoms with Crippen molar-refractivity contribution < 1.29 is 18.4 Å². The number of rotatable bonds is 4. The molecule has 0 bridgehead atoms. The highest BCUT2D eigenvalue weighted by atomic mass is 19.1. The second-order valence-electron chi connectivity index (χ2n) is 4.84. The molecule has 1 aliphatic heterocycles. The predicted molar refractivity (Wildman–Crippen MR) is 68.6 cm³/mol. The smallest absolute Gasteiger partial charge is 0.245 e. The van der Waals surface area contributed by atoms with Crippen LogP contribution in [0.15, 0.2) is 18.2 Å². The first-order chi connectivity index (χ1) is 9.51. The van der Waals surface area contributed by atoms with Gasteiger partial charge in [0.2, 0.25) is 11.8 Å². The van der Waals surface area contributed by atoms with E-state index in [2.05, 4.69) is 5.32 Å². The molecule has 1 aromatic carbocycles. The number of carbonyl (C=O) groups excluding carboxylic acids is 2. The summed E-state index contributed by atoms with van der Waals surface area (Å²) in [5.41, 5.74) is 0.199. The summed E-state index contributed by atoms with van der Waals surface area (Å²) in [6.07, 6.45) is 1.31. The van der Waals surface area contributed by atoms with Gasteiger partial charge < -0.3 is 10.2 Å². The van der Waals surface area contributed by atoms with Crippen LogP contribution in [0.25, 0.3) is 0 Å². The maximum atomic E-state index is 13.6. The number of piperazine rings is 1. The molecule has 2 rings (SSSR count). The molecule has 108 valence electrons. The molecule has 1 fully saturated rings. The number of nitrogens with zero attached hydrogens (tertiary/aromatic N) is 1. The lowest BCUT2D eigenvalue weighted by molar-refractivity contribution is -0.145. The average Bonchev–Trinajstić information content (AvgIpc) is 2.38. The lowest BCUT2D eigenvalue weighted by Gasteiger charge is -2.32. The third kappa shape index (κ3) is 3.12. The lowest BCUT2D eigenvalue weighted by Crippen LogP contribution is -2.57. The first-order valence-electron chi connectivity index (χ1n) is 6.53. The summed E-state index contributed by atoms with van der Waals surface area (Å²) in [5, 5.41) is 2.62. The van der Waals surface area contributed by atoms with Gasteiger partial charge in [0.25, 0.3) is 0 Å². The Morgan fingerprint density at radius 2 is 2.10 bits per heavy atom. The molecule has 2 amide bonds. The van der Waals surface area contributed by atoms with Gasteiger partial charge in [0, 0.05) is 18.2 Å². The van der Waals surface area contributed by atoms with Crippen molar-refractivity contribution in [2.75, 3.05) is 6.54 Å². The van der Waals surface area contributed by atoms with Crippen LogP contribution in [0.2, 0.25) is 0 Å². The highest BCUT2D eigenvalue weighted by Crippen LogP contribution is 2.15. The number of amides is 2. The molecule has 1 aliphatic rings. The number of hydrogen-bond donors (Lipinski definition) is 1. The zero-order valence-corrected chi connectivity index (χ0v) is 11.2. The minimum absolute atomic E-state index is 0.0292. The van der Waals surface area contributed by atoms with Crippen LogP contribution in [0.3, 0.4) is 0 Å². The van der Waals surface area contributed by atoms with Crippen LogP contribution < -0.4 is 5.32 Å². The van der Waals surface area contributed by atoms with Crippen LogP contribution in [-0.4, -0.2) is 29.3 Å². The molecule has 0 radical (unpaired) electrons. The second kappa shape index (κ2) is 5.98. The predicted octanol–water partition coefficient (Wildman–Crippen LogP) is 1.59. The monoisotopic (exact) mass is 282 g/mol. The topological polar surface area (TPSA) is 49.4 Å². The van der Waals surface area contributed by atoms with Gasteiger partial charge in [-0.05, 0) is 12.5 Å². The van der Waals surface area contributed by atoms with Gasteiger partial charge in [-0.3, -0.25) is 9.59 Å². The third-order valence-corrected chi connectivity index (χ3v) is 3.23. The Balaban J connectivity index is 2.14. The Hall–Kier alpha value is -1.98. The Bertz CT molecular complexity index is 534. The standard InChI is InChI=1S/C14H16F2N2O2/c1-2-3-12-14(20)18(8-13(19)17-12)7-9-4-5-10(15)6-11(9)16/h4-6,12H,2-3,7-8H2,1H3,(H,17,19). The van der Waals surface area contributed by atoms with E-state index in [9.17, 15) is 18.4 Å². The van der Waals surface area contributed by atoms with Gasteiger partial charge in [-0.15, -0.1) is 0 Å². The quantitative estimate of drug-likeness (QED) is 0.911. The van der Waals surface area contributed by atoms with E-state index in [1.54, 1.807) is 0 Å². The van der Waals surface area contributed by atoms with E-state index in [0.717, 1.165) is 18.6 Å². The molecule has 1 N–H and O–H groups in total. The van der Waals surface area contributed by atoms with Crippen molar-refractivity contribution in [3.05, 3.63) is 35.4 Å². The lowest BCUT2D eigenvalue weighted by atomic mass is 10.1. The molecule has 1 aromatic rings. The van der Waals surface area contributed by atoms with Crippen LogP contribution in [0.1, 0.15) is 25.3 Å². The van der Waals surface area contributed by atoms with Gasteiger partial charge in [0.1, 0.15) is 17.7 Å². The average molecular weight is 282 g/mol. The molecule has 1 saturated heterocycles. The first kappa shape index (κ1) is 14.4. The van der Waals surface area contributed by atoms with Gasteiger partial charge in [0.15, 0.2) is 0 Å². The van der Waals surface area contributed by atoms with Crippen molar-refractivity contribution in [2.45, 2.75) is 32.4 Å². The highest BCUT2D eigenvalue weighted by Gasteiger charge is 2.32. The number of nitrogens with one attached hydrogen (secondary N) is 1. The highest BCUT2D eigenvalue weighted by molar-refractivity contribution is 5.94. The van der Waals surface area contributed by atoms with Crippen LogP contribution in [0.4, 0.5) is 8.78 Å². The summed E-state index contributed by atoms with van der Waals surface area (Å²) in [6, 6.07) is 2.65. The summed E-state index contributed by atoms with van der Waals surface area (Å²) >= 11 is 0. The molecule has 0 saturated carbocycles. The Morgan fingerprint density at radius 1 is 1.35 bits per heavy atom. The molecule has 0 aromatic heterocycles. The van der Waals surface area contributed by atoms with Gasteiger partial charge in [-0.2, -0.15) is 0 Å². The number of hydrogen-bond acceptors (Lipinski definition) is 2. The van der Waals surface area contributed by atoms with E-state index >= 15 is 0 Å². The molecule has 6 heteroatoms. The van der Waals surface area contributed by atoms with Gasteiger partial charge in [-0.1, -0.05) is 19.4 Å². The number of carbonyl (C=O) groups is 2. The van der Waals surface area contributed by atoms with Crippen LogP contribution >= 0.6 is 0 Å². The first-order valence-corrected chi connectivity index (χ1v) is 6.53. The number of halogens is 2. The Labute approximate surface area is 115 Å². The fourth-order valence-electron chi connectivity index (χ4n) is 2.25. The van der Waals surface area contributed by atoms with Crippen LogP contribution in [0.5, 0.6) is 0 Å². The van der Waals surface area contributed by atoms with Crippen molar-refractivity contribution >= 4 is 11.8 Å². The normalized spacial score (nSPS) is 19.1. The van der Waals surface area contributed by atoms with E-state index in [1.807, 2.05) is 6.92 Å². The van der Waals surface area contributed by atoms with E-state index in [4.69, 9.17) is 0 Å². The zero-order chi connectivity index (χ0) is 14.7. The zero-order valence-electron chi connectivity index (χ0n) is 11.2. The number of benzene rings is 1. The fourth-order valence-corrected chi connectivity index (χ4v) is 2.25. The molecular formula is C14H16F2N2O2. The van der Waals surface area contributed by atoms with Crippen LogP contribution in [-0.2, 0) is 16.1 Å². The minimum atomic E-state index is -0.712. The molecule has 1 heterocycles. The maximum absolute atomic E-state index is 13.6. The summed E-state index contributed by atoms with van der Waals surface area (Å²) in [5.74, 6) is -1.87. The van der Waals surface area contributed by atoms with Crippen molar-refractivity contribution in [3.63, 3.8) is 0 Å². The SMILES string of the molecule is CCCC1NC(=O)CN(Cc2ccc(F)cc2F)C1=O. The molecule has 20 heavy (non-hydrogen) atoms. The molecular weight excluding hydrogens is 266 g/mol. The van der Waals surface area contributed by atoms with Crippen molar-refractivity contribution in [1.82, 2.24) is 10.2 Å². The second-order valence-corrected chi connectivity index (χ2v) is 4.84. The Morgan fingerprint density at radius 3 is 2.75 bits per heavy atom. The molecule has 4 nitrogen and oxygen atoms in total. The van der Waals surface area contributed by atoms with Crippen LogP contribution in [0, 0.1) is 11.6 Å². The summed E-state index contributed by atoms with van der Waals surface area (Å²) in [6.45, 7) is 1.78. The van der Waals surface area contributed by atoms with Crippen molar-refractivity contribution in [3.8, 4) is 0 Å². The molecule has 1 atom stereocenters. The summed E-state index contributed by atoms with van der Waals surface area (Å²) in [4.78, 5) is 25.0. The van der Waals surface area contributed by atoms with E-state index in [-0.39, 0.29) is 30.5 Å². The third-order valence-electron chi connectivity index (χ3n) is 3.23. The fraction of sp³-hybridized carbons (Fsp3) is 0.429. The van der Waals surface area contributed by atoms with E-state index in [1.165, 1.54) is 11.0 Å². The summed E-state index contributed by atoms with van der Waals surface area (Å²) in [7, 11) is 0. The van der Waals surface area contributed by atoms with Gasteiger partial charge >= 0.3 is 0 Å².